The van der Waals surface area contributed by atoms with Crippen molar-refractivity contribution in [3.63, 3.8) is 0 Å². The zero-order valence-corrected chi connectivity index (χ0v) is 13.6. The highest BCUT2D eigenvalue weighted by atomic mass is 35.5. The van der Waals surface area contributed by atoms with E-state index >= 15 is 0 Å². The van der Waals surface area contributed by atoms with Gasteiger partial charge in [0.2, 0.25) is 0 Å². The van der Waals surface area contributed by atoms with Gasteiger partial charge in [0, 0.05) is 17.1 Å². The van der Waals surface area contributed by atoms with Crippen LogP contribution in [-0.2, 0) is 6.54 Å². The average Bonchev–Trinajstić information content (AvgIpc) is 2.45. The van der Waals surface area contributed by atoms with E-state index in [0.717, 1.165) is 48.9 Å². The first-order valence-corrected chi connectivity index (χ1v) is 8.27. The van der Waals surface area contributed by atoms with Crippen LogP contribution in [-0.4, -0.2) is 13.2 Å². The van der Waals surface area contributed by atoms with Gasteiger partial charge in [-0.1, -0.05) is 51.1 Å². The lowest BCUT2D eigenvalue weighted by atomic mass is 10.1. The van der Waals surface area contributed by atoms with Gasteiger partial charge in [-0.2, -0.15) is 0 Å². The van der Waals surface area contributed by atoms with Gasteiger partial charge in [0.25, 0.3) is 0 Å². The SMILES string of the molecule is CCCCCCCOc1ccc(Cl)cc1CNCCC. The quantitative estimate of drug-likeness (QED) is 0.568. The molecule has 3 heteroatoms. The van der Waals surface area contributed by atoms with E-state index in [1.54, 1.807) is 0 Å². The van der Waals surface area contributed by atoms with Crippen LogP contribution in [0.25, 0.3) is 0 Å². The van der Waals surface area contributed by atoms with Crippen molar-refractivity contribution < 1.29 is 4.74 Å². The van der Waals surface area contributed by atoms with Gasteiger partial charge in [-0.15, -0.1) is 0 Å². The van der Waals surface area contributed by atoms with Gasteiger partial charge in [0.05, 0.1) is 6.61 Å². The maximum atomic E-state index is 6.06. The van der Waals surface area contributed by atoms with Crippen LogP contribution in [0.15, 0.2) is 18.2 Å². The minimum absolute atomic E-state index is 0.772. The van der Waals surface area contributed by atoms with E-state index in [4.69, 9.17) is 16.3 Å². The Morgan fingerprint density at radius 1 is 1.05 bits per heavy atom. The number of benzene rings is 1. The van der Waals surface area contributed by atoms with Crippen LogP contribution in [0, 0.1) is 0 Å². The third-order valence-electron chi connectivity index (χ3n) is 3.27. The normalized spacial score (nSPS) is 10.8. The molecule has 0 saturated carbocycles. The summed E-state index contributed by atoms with van der Waals surface area (Å²) in [6, 6.07) is 5.88. The molecule has 0 unspecified atom stereocenters. The van der Waals surface area contributed by atoms with Crippen LogP contribution >= 0.6 is 11.6 Å². The van der Waals surface area contributed by atoms with Crippen LogP contribution in [0.5, 0.6) is 5.75 Å². The van der Waals surface area contributed by atoms with Crippen LogP contribution < -0.4 is 10.1 Å². The monoisotopic (exact) mass is 297 g/mol. The van der Waals surface area contributed by atoms with Crippen molar-refractivity contribution in [3.8, 4) is 5.75 Å². The first-order chi connectivity index (χ1) is 9.77. The van der Waals surface area contributed by atoms with Gasteiger partial charge in [-0.05, 0) is 37.6 Å². The van der Waals surface area contributed by atoms with Crippen LogP contribution in [0.1, 0.15) is 57.9 Å². The van der Waals surface area contributed by atoms with Crippen molar-refractivity contribution in [2.75, 3.05) is 13.2 Å². The standard InChI is InChI=1S/C17H28ClNO/c1-3-5-6-7-8-12-20-17-10-9-16(18)13-15(17)14-19-11-4-2/h9-10,13,19H,3-8,11-12,14H2,1-2H3. The molecule has 0 aliphatic rings. The summed E-state index contributed by atoms with van der Waals surface area (Å²) in [6.45, 7) is 7.03. The number of halogens is 1. The summed E-state index contributed by atoms with van der Waals surface area (Å²) >= 11 is 6.06. The summed E-state index contributed by atoms with van der Waals surface area (Å²) in [5.41, 5.74) is 1.15. The lowest BCUT2D eigenvalue weighted by molar-refractivity contribution is 0.301. The van der Waals surface area contributed by atoms with E-state index in [0.29, 0.717) is 0 Å². The molecule has 0 aliphatic heterocycles. The van der Waals surface area contributed by atoms with Gasteiger partial charge >= 0.3 is 0 Å². The molecule has 0 bridgehead atoms. The molecule has 0 amide bonds. The van der Waals surface area contributed by atoms with Gasteiger partial charge in [0.15, 0.2) is 0 Å². The lowest BCUT2D eigenvalue weighted by Crippen LogP contribution is -2.14. The van der Waals surface area contributed by atoms with Gasteiger partial charge < -0.3 is 10.1 Å². The molecule has 114 valence electrons. The molecule has 0 fully saturated rings. The average molecular weight is 298 g/mol. The molecule has 0 aromatic heterocycles. The van der Waals surface area contributed by atoms with Crippen molar-refractivity contribution in [2.24, 2.45) is 0 Å². The molecule has 2 nitrogen and oxygen atoms in total. The molecule has 1 rings (SSSR count). The summed E-state index contributed by atoms with van der Waals surface area (Å²) in [7, 11) is 0. The van der Waals surface area contributed by atoms with Crippen LogP contribution in [0.3, 0.4) is 0 Å². The first-order valence-electron chi connectivity index (χ1n) is 7.89. The molecule has 1 aromatic rings. The van der Waals surface area contributed by atoms with Crippen molar-refractivity contribution in [3.05, 3.63) is 28.8 Å². The highest BCUT2D eigenvalue weighted by molar-refractivity contribution is 6.30. The Balaban J connectivity index is 2.38. The summed E-state index contributed by atoms with van der Waals surface area (Å²) in [5, 5.41) is 4.17. The molecule has 0 radical (unpaired) electrons. The summed E-state index contributed by atoms with van der Waals surface area (Å²) in [6.07, 6.45) is 7.44. The van der Waals surface area contributed by atoms with Crippen molar-refractivity contribution in [1.82, 2.24) is 5.32 Å². The Bertz CT molecular complexity index is 368. The summed E-state index contributed by atoms with van der Waals surface area (Å²) in [4.78, 5) is 0. The highest BCUT2D eigenvalue weighted by Crippen LogP contribution is 2.23. The fraction of sp³-hybridized carbons (Fsp3) is 0.647. The summed E-state index contributed by atoms with van der Waals surface area (Å²) in [5.74, 6) is 0.966. The molecule has 20 heavy (non-hydrogen) atoms. The van der Waals surface area contributed by atoms with Crippen molar-refractivity contribution >= 4 is 11.6 Å². The summed E-state index contributed by atoms with van der Waals surface area (Å²) < 4.78 is 5.90. The maximum absolute atomic E-state index is 6.06. The Hall–Kier alpha value is -0.730. The fourth-order valence-electron chi connectivity index (χ4n) is 2.11. The zero-order chi connectivity index (χ0) is 14.6. The Kier molecular flexibility index (Phi) is 9.52. The van der Waals surface area contributed by atoms with E-state index in [-0.39, 0.29) is 0 Å². The number of unbranched alkanes of at least 4 members (excludes halogenated alkanes) is 4. The number of ether oxygens (including phenoxy) is 1. The largest absolute Gasteiger partial charge is 0.493 e. The number of hydrogen-bond acceptors (Lipinski definition) is 2. The topological polar surface area (TPSA) is 21.3 Å². The molecular weight excluding hydrogens is 270 g/mol. The van der Waals surface area contributed by atoms with E-state index in [2.05, 4.69) is 19.2 Å². The molecular formula is C17H28ClNO. The molecule has 1 aromatic carbocycles. The van der Waals surface area contributed by atoms with E-state index in [1.807, 2.05) is 18.2 Å². The van der Waals surface area contributed by atoms with Crippen LogP contribution in [0.4, 0.5) is 0 Å². The maximum Gasteiger partial charge on any atom is 0.123 e. The molecule has 0 aliphatic carbocycles. The van der Waals surface area contributed by atoms with Gasteiger partial charge in [0.1, 0.15) is 5.75 Å². The molecule has 0 heterocycles. The number of hydrogen-bond donors (Lipinski definition) is 1. The smallest absolute Gasteiger partial charge is 0.123 e. The van der Waals surface area contributed by atoms with E-state index in [1.165, 1.54) is 25.7 Å². The Morgan fingerprint density at radius 3 is 2.60 bits per heavy atom. The van der Waals surface area contributed by atoms with E-state index < -0.39 is 0 Å². The minimum Gasteiger partial charge on any atom is -0.493 e. The molecule has 0 saturated heterocycles. The lowest BCUT2D eigenvalue weighted by Gasteiger charge is -2.12. The second kappa shape index (κ2) is 11.0. The molecule has 0 spiro atoms. The second-order valence-electron chi connectivity index (χ2n) is 5.19. The first kappa shape index (κ1) is 17.3. The van der Waals surface area contributed by atoms with Crippen molar-refractivity contribution in [2.45, 2.75) is 58.9 Å². The van der Waals surface area contributed by atoms with Gasteiger partial charge in [-0.3, -0.25) is 0 Å². The van der Waals surface area contributed by atoms with Crippen molar-refractivity contribution in [1.29, 1.82) is 0 Å². The Morgan fingerprint density at radius 2 is 1.85 bits per heavy atom. The van der Waals surface area contributed by atoms with E-state index in [9.17, 15) is 0 Å². The fourth-order valence-corrected chi connectivity index (χ4v) is 2.31. The predicted octanol–water partition coefficient (Wildman–Crippen LogP) is 5.19. The molecule has 1 N–H and O–H groups in total. The third-order valence-corrected chi connectivity index (χ3v) is 3.51. The van der Waals surface area contributed by atoms with Crippen LogP contribution in [0.2, 0.25) is 5.02 Å². The number of nitrogens with one attached hydrogen (secondary N) is 1. The predicted molar refractivity (Wildman–Crippen MR) is 87.7 cm³/mol. The van der Waals surface area contributed by atoms with Gasteiger partial charge in [-0.25, -0.2) is 0 Å². The Labute approximate surface area is 128 Å². The second-order valence-corrected chi connectivity index (χ2v) is 5.63. The molecule has 0 atom stereocenters. The minimum atomic E-state index is 0.772. The zero-order valence-electron chi connectivity index (χ0n) is 12.9. The highest BCUT2D eigenvalue weighted by Gasteiger charge is 2.04. The number of rotatable bonds is 11. The third kappa shape index (κ3) is 7.16.